The maximum atomic E-state index is 10.2. The summed E-state index contributed by atoms with van der Waals surface area (Å²) in [6.07, 6.45) is 8.66. The summed E-state index contributed by atoms with van der Waals surface area (Å²) in [4.78, 5) is 0. The van der Waals surface area contributed by atoms with Crippen molar-refractivity contribution in [2.75, 3.05) is 19.8 Å². The first-order chi connectivity index (χ1) is 7.97. The predicted octanol–water partition coefficient (Wildman–Crippen LogP) is 1.48. The van der Waals surface area contributed by atoms with Gasteiger partial charge in [-0.1, -0.05) is 51.9 Å². The van der Waals surface area contributed by atoms with Crippen LogP contribution in [0.25, 0.3) is 0 Å². The van der Waals surface area contributed by atoms with Crippen LogP contribution in [0.3, 0.4) is 0 Å². The van der Waals surface area contributed by atoms with Crippen LogP contribution in [-0.2, 0) is 10.1 Å². The Balaban J connectivity index is 0. The molecule has 0 atom stereocenters. The first-order valence-corrected chi connectivity index (χ1v) is 8.23. The second kappa shape index (κ2) is 13.9. The lowest BCUT2D eigenvalue weighted by Crippen LogP contribution is -2.74. The molecule has 106 valence electrons. The Morgan fingerprint density at radius 1 is 0.882 bits per heavy atom. The smallest absolute Gasteiger partial charge is 0.0945 e. The molecular formula is C12H29NO3S. The molecule has 0 unspecified atom stereocenters. The summed E-state index contributed by atoms with van der Waals surface area (Å²) in [7, 11) is 0.0245. The van der Waals surface area contributed by atoms with Crippen LogP contribution in [0.5, 0.6) is 0 Å². The van der Waals surface area contributed by atoms with Gasteiger partial charge in [0.15, 0.2) is 0 Å². The highest BCUT2D eigenvalue weighted by Crippen LogP contribution is 2.08. The number of hydrogen-bond acceptors (Lipinski definition) is 3. The maximum Gasteiger partial charge on any atom is 0.0945 e. The lowest BCUT2D eigenvalue weighted by atomic mass is 10.1. The molecule has 0 aliphatic carbocycles. The SMILES string of the molecule is CCCCCCCCCCS(=O)(=O)[O-].C[NH2+]C. The van der Waals surface area contributed by atoms with Gasteiger partial charge in [0.25, 0.3) is 0 Å². The van der Waals surface area contributed by atoms with Gasteiger partial charge < -0.3 is 9.87 Å². The summed E-state index contributed by atoms with van der Waals surface area (Å²) >= 11 is 0. The summed E-state index contributed by atoms with van der Waals surface area (Å²) in [5, 5.41) is 2.00. The van der Waals surface area contributed by atoms with E-state index in [4.69, 9.17) is 0 Å². The van der Waals surface area contributed by atoms with Crippen LogP contribution in [0.1, 0.15) is 58.3 Å². The van der Waals surface area contributed by atoms with E-state index in [0.29, 0.717) is 6.42 Å². The molecule has 0 saturated carbocycles. The molecule has 0 saturated heterocycles. The second-order valence-corrected chi connectivity index (χ2v) is 5.84. The van der Waals surface area contributed by atoms with Crippen molar-refractivity contribution in [1.29, 1.82) is 0 Å². The number of rotatable bonds is 9. The van der Waals surface area contributed by atoms with Crippen molar-refractivity contribution in [2.24, 2.45) is 0 Å². The zero-order chi connectivity index (χ0) is 13.6. The minimum absolute atomic E-state index is 0.193. The molecule has 0 bridgehead atoms. The van der Waals surface area contributed by atoms with Gasteiger partial charge in [0.1, 0.15) is 0 Å². The van der Waals surface area contributed by atoms with Crippen LogP contribution in [0.15, 0.2) is 0 Å². The van der Waals surface area contributed by atoms with E-state index >= 15 is 0 Å². The Labute approximate surface area is 107 Å². The van der Waals surface area contributed by atoms with Gasteiger partial charge in [0.05, 0.1) is 24.2 Å². The van der Waals surface area contributed by atoms with E-state index in [9.17, 15) is 13.0 Å². The Morgan fingerprint density at radius 2 is 1.24 bits per heavy atom. The summed E-state index contributed by atoms with van der Waals surface area (Å²) in [5.41, 5.74) is 0. The van der Waals surface area contributed by atoms with Gasteiger partial charge in [-0.15, -0.1) is 0 Å². The highest BCUT2D eigenvalue weighted by molar-refractivity contribution is 7.85. The van der Waals surface area contributed by atoms with Gasteiger partial charge >= 0.3 is 0 Å². The molecule has 4 nitrogen and oxygen atoms in total. The van der Waals surface area contributed by atoms with E-state index in [1.165, 1.54) is 32.1 Å². The lowest BCUT2D eigenvalue weighted by molar-refractivity contribution is -0.597. The monoisotopic (exact) mass is 267 g/mol. The third-order valence-corrected chi connectivity index (χ3v) is 3.04. The third kappa shape index (κ3) is 25.8. The number of unbranched alkanes of at least 4 members (excludes halogenated alkanes) is 7. The average molecular weight is 267 g/mol. The van der Waals surface area contributed by atoms with E-state index in [1.54, 1.807) is 0 Å². The van der Waals surface area contributed by atoms with Crippen LogP contribution in [-0.4, -0.2) is 32.8 Å². The first-order valence-electron chi connectivity index (χ1n) is 6.65. The summed E-state index contributed by atoms with van der Waals surface area (Å²) < 4.78 is 30.7. The Bertz CT molecular complexity index is 228. The third-order valence-electron chi connectivity index (χ3n) is 2.25. The van der Waals surface area contributed by atoms with Crippen molar-refractivity contribution in [3.05, 3.63) is 0 Å². The van der Waals surface area contributed by atoms with Crippen LogP contribution >= 0.6 is 0 Å². The zero-order valence-electron chi connectivity index (χ0n) is 11.6. The lowest BCUT2D eigenvalue weighted by Gasteiger charge is -2.05. The normalized spacial score (nSPS) is 10.8. The Hall–Kier alpha value is -0.130. The molecule has 0 fully saturated rings. The molecule has 0 rings (SSSR count). The number of nitrogens with two attached hydrogens (primary N) is 1. The quantitative estimate of drug-likeness (QED) is 0.508. The minimum Gasteiger partial charge on any atom is -0.748 e. The molecule has 0 aromatic rings. The molecule has 0 radical (unpaired) electrons. The molecule has 17 heavy (non-hydrogen) atoms. The van der Waals surface area contributed by atoms with E-state index in [0.717, 1.165) is 12.8 Å². The van der Waals surface area contributed by atoms with Crippen molar-refractivity contribution < 1.29 is 18.3 Å². The fraction of sp³-hybridized carbons (Fsp3) is 1.00. The summed E-state index contributed by atoms with van der Waals surface area (Å²) in [6, 6.07) is 0. The van der Waals surface area contributed by atoms with Gasteiger partial charge in [-0.05, 0) is 6.42 Å². The number of hydrogen-bond donors (Lipinski definition) is 1. The van der Waals surface area contributed by atoms with Crippen molar-refractivity contribution in [3.63, 3.8) is 0 Å². The molecule has 0 aromatic carbocycles. The topological polar surface area (TPSA) is 73.8 Å². The average Bonchev–Trinajstić information content (AvgIpc) is 2.22. The zero-order valence-corrected chi connectivity index (χ0v) is 12.4. The van der Waals surface area contributed by atoms with Crippen LogP contribution in [0.4, 0.5) is 0 Å². The van der Waals surface area contributed by atoms with Crippen LogP contribution in [0, 0.1) is 0 Å². The van der Waals surface area contributed by atoms with E-state index in [-0.39, 0.29) is 5.75 Å². The van der Waals surface area contributed by atoms with Crippen molar-refractivity contribution in [1.82, 2.24) is 0 Å². The molecular weight excluding hydrogens is 238 g/mol. The molecule has 0 aromatic heterocycles. The number of quaternary nitrogens is 1. The highest BCUT2D eigenvalue weighted by Gasteiger charge is 1.95. The Morgan fingerprint density at radius 3 is 1.59 bits per heavy atom. The largest absolute Gasteiger partial charge is 0.748 e. The summed E-state index contributed by atoms with van der Waals surface area (Å²) in [5.74, 6) is -0.193. The van der Waals surface area contributed by atoms with E-state index < -0.39 is 10.1 Å². The van der Waals surface area contributed by atoms with Crippen LogP contribution < -0.4 is 5.32 Å². The molecule has 0 heterocycles. The Kier molecular flexibility index (Phi) is 15.7. The van der Waals surface area contributed by atoms with E-state index in [1.807, 2.05) is 19.4 Å². The predicted molar refractivity (Wildman–Crippen MR) is 70.9 cm³/mol. The highest BCUT2D eigenvalue weighted by atomic mass is 32.2. The molecule has 2 N–H and O–H groups in total. The van der Waals surface area contributed by atoms with E-state index in [2.05, 4.69) is 6.92 Å². The minimum atomic E-state index is -3.98. The summed E-state index contributed by atoms with van der Waals surface area (Å²) in [6.45, 7) is 2.18. The molecule has 0 amide bonds. The molecule has 0 aliphatic rings. The van der Waals surface area contributed by atoms with Gasteiger partial charge in [0, 0.05) is 5.75 Å². The molecule has 5 heteroatoms. The standard InChI is InChI=1S/C10H22O3S.C2H7N/c1-2-3-4-5-6-7-8-9-10-14(11,12)13;1-3-2/h2-10H2,1H3,(H,11,12,13);3H,1-2H3. The fourth-order valence-corrected chi connectivity index (χ4v) is 1.97. The van der Waals surface area contributed by atoms with Gasteiger partial charge in [-0.3, -0.25) is 0 Å². The van der Waals surface area contributed by atoms with Gasteiger partial charge in [0.2, 0.25) is 0 Å². The maximum absolute atomic E-state index is 10.2. The second-order valence-electron chi connectivity index (χ2n) is 4.31. The van der Waals surface area contributed by atoms with Crippen molar-refractivity contribution >= 4 is 10.1 Å². The first kappa shape index (κ1) is 19.2. The molecule has 0 spiro atoms. The molecule has 0 aliphatic heterocycles. The van der Waals surface area contributed by atoms with Crippen LogP contribution in [0.2, 0.25) is 0 Å². The van der Waals surface area contributed by atoms with Gasteiger partial charge in [-0.25, -0.2) is 8.42 Å². The van der Waals surface area contributed by atoms with Gasteiger partial charge in [-0.2, -0.15) is 0 Å². The fourth-order valence-electron chi connectivity index (χ4n) is 1.41. The van der Waals surface area contributed by atoms with Crippen molar-refractivity contribution in [2.45, 2.75) is 58.3 Å². The van der Waals surface area contributed by atoms with Crippen molar-refractivity contribution in [3.8, 4) is 0 Å².